The summed E-state index contributed by atoms with van der Waals surface area (Å²) in [6, 6.07) is 3.43. The van der Waals surface area contributed by atoms with Gasteiger partial charge < -0.3 is 14.5 Å². The van der Waals surface area contributed by atoms with Crippen LogP contribution in [0.15, 0.2) is 35.3 Å². The van der Waals surface area contributed by atoms with E-state index in [9.17, 15) is 4.79 Å². The molecular weight excluding hydrogens is 474 g/mol. The van der Waals surface area contributed by atoms with Crippen LogP contribution >= 0.6 is 15.9 Å². The Morgan fingerprint density at radius 1 is 1.28 bits per heavy atom. The Morgan fingerprint density at radius 2 is 2.06 bits per heavy atom. The molecule has 1 amide bonds. The minimum Gasteiger partial charge on any atom is -0.444 e. The van der Waals surface area contributed by atoms with E-state index >= 15 is 0 Å². The van der Waals surface area contributed by atoms with E-state index < -0.39 is 5.60 Å². The highest BCUT2D eigenvalue weighted by Crippen LogP contribution is 2.35. The maximum Gasteiger partial charge on any atom is 0.410 e. The van der Waals surface area contributed by atoms with Crippen molar-refractivity contribution in [1.82, 2.24) is 24.4 Å². The first kappa shape index (κ1) is 22.0. The molecule has 0 unspecified atom stereocenters. The molecule has 166 valence electrons. The lowest BCUT2D eigenvalue weighted by Crippen LogP contribution is -2.54. The number of carbonyl (C=O) groups is 1. The lowest BCUT2D eigenvalue weighted by atomic mass is 10.1. The number of anilines is 1. The van der Waals surface area contributed by atoms with E-state index in [1.807, 2.05) is 31.5 Å². The van der Waals surface area contributed by atoms with Crippen molar-refractivity contribution in [3.8, 4) is 5.82 Å². The first-order valence-corrected chi connectivity index (χ1v) is 11.1. The zero-order chi connectivity index (χ0) is 23.0. The number of hydrogen-bond donors (Lipinski definition) is 0. The van der Waals surface area contributed by atoms with E-state index in [1.165, 1.54) is 6.33 Å². The van der Waals surface area contributed by atoms with Crippen LogP contribution in [-0.4, -0.2) is 61.8 Å². The molecule has 0 aromatic carbocycles. The van der Waals surface area contributed by atoms with Gasteiger partial charge in [-0.1, -0.05) is 0 Å². The van der Waals surface area contributed by atoms with Gasteiger partial charge >= 0.3 is 6.09 Å². The highest BCUT2D eigenvalue weighted by Gasteiger charge is 2.32. The highest BCUT2D eigenvalue weighted by molar-refractivity contribution is 9.10. The number of carbonyl (C=O) groups excluding carboxylic acids is 1. The fourth-order valence-electron chi connectivity index (χ4n) is 3.77. The SMILES string of the molecule is [C-]#[N+]c1ccnc(-n2cc(Br)c3c(N4CCN(C(=O)OC(C)(C)C)C[C@@H]4C)ncnc32)c1. The zero-order valence-corrected chi connectivity index (χ0v) is 20.0. The number of hydrogen-bond acceptors (Lipinski definition) is 6. The maximum atomic E-state index is 12.5. The Kier molecular flexibility index (Phi) is 5.77. The Bertz CT molecular complexity index is 1210. The average Bonchev–Trinajstić information content (AvgIpc) is 3.09. The third-order valence-electron chi connectivity index (χ3n) is 5.17. The molecule has 0 spiro atoms. The number of piperazine rings is 1. The molecule has 3 aromatic rings. The molecular formula is C22H24BrN7O2. The molecule has 9 nitrogen and oxygen atoms in total. The van der Waals surface area contributed by atoms with Crippen LogP contribution in [0.1, 0.15) is 27.7 Å². The molecule has 1 aliphatic rings. The molecule has 0 N–H and O–H groups in total. The lowest BCUT2D eigenvalue weighted by molar-refractivity contribution is 0.0218. The Balaban J connectivity index is 1.65. The van der Waals surface area contributed by atoms with Crippen LogP contribution in [0, 0.1) is 6.57 Å². The van der Waals surface area contributed by atoms with Crippen molar-refractivity contribution in [2.24, 2.45) is 0 Å². The monoisotopic (exact) mass is 497 g/mol. The van der Waals surface area contributed by atoms with Crippen LogP contribution in [0.2, 0.25) is 0 Å². The number of halogens is 1. The smallest absolute Gasteiger partial charge is 0.410 e. The van der Waals surface area contributed by atoms with E-state index in [4.69, 9.17) is 11.3 Å². The summed E-state index contributed by atoms with van der Waals surface area (Å²) in [6.07, 6.45) is 4.74. The summed E-state index contributed by atoms with van der Waals surface area (Å²) in [5.41, 5.74) is 0.676. The molecule has 0 aliphatic carbocycles. The molecule has 4 rings (SSSR count). The molecule has 4 heterocycles. The zero-order valence-electron chi connectivity index (χ0n) is 18.4. The molecule has 3 aromatic heterocycles. The number of aromatic nitrogens is 4. The molecule has 1 saturated heterocycles. The summed E-state index contributed by atoms with van der Waals surface area (Å²) in [7, 11) is 0. The van der Waals surface area contributed by atoms with Gasteiger partial charge in [0.25, 0.3) is 0 Å². The highest BCUT2D eigenvalue weighted by atomic mass is 79.9. The van der Waals surface area contributed by atoms with Crippen LogP contribution in [0.5, 0.6) is 0 Å². The van der Waals surface area contributed by atoms with Crippen LogP contribution in [0.4, 0.5) is 16.3 Å². The largest absolute Gasteiger partial charge is 0.444 e. The van der Waals surface area contributed by atoms with Gasteiger partial charge in [0.1, 0.15) is 23.6 Å². The van der Waals surface area contributed by atoms with Crippen molar-refractivity contribution in [3.63, 3.8) is 0 Å². The third kappa shape index (κ3) is 4.25. The van der Waals surface area contributed by atoms with Gasteiger partial charge in [-0.2, -0.15) is 0 Å². The van der Waals surface area contributed by atoms with Gasteiger partial charge in [0.2, 0.25) is 0 Å². The minimum absolute atomic E-state index is 0.0354. The van der Waals surface area contributed by atoms with Gasteiger partial charge in [-0.25, -0.2) is 24.6 Å². The standard InChI is InChI=1S/C22H24BrN7O2/c1-14-11-28(21(31)32-22(2,3)4)8-9-29(14)19-18-16(23)12-30(20(18)27-13-26-19)17-10-15(24-5)6-7-25-17/h6-7,10,12-14H,8-9,11H2,1-4H3/t14-/m0/s1. The van der Waals surface area contributed by atoms with E-state index in [-0.39, 0.29) is 12.1 Å². The summed E-state index contributed by atoms with van der Waals surface area (Å²) in [6.45, 7) is 16.6. The molecule has 1 fully saturated rings. The summed E-state index contributed by atoms with van der Waals surface area (Å²) in [4.78, 5) is 33.4. The van der Waals surface area contributed by atoms with Crippen molar-refractivity contribution >= 4 is 44.6 Å². The van der Waals surface area contributed by atoms with Crippen LogP contribution in [0.3, 0.4) is 0 Å². The third-order valence-corrected chi connectivity index (χ3v) is 5.77. The summed E-state index contributed by atoms with van der Waals surface area (Å²) in [5.74, 6) is 1.40. The number of rotatable bonds is 2. The van der Waals surface area contributed by atoms with Crippen LogP contribution in [-0.2, 0) is 4.74 Å². The van der Waals surface area contributed by atoms with Gasteiger partial charge in [0, 0.05) is 42.5 Å². The molecule has 0 bridgehead atoms. The second kappa shape index (κ2) is 8.39. The van der Waals surface area contributed by atoms with E-state index in [2.05, 4.69) is 47.6 Å². The van der Waals surface area contributed by atoms with Gasteiger partial charge in [0.15, 0.2) is 11.3 Å². The van der Waals surface area contributed by atoms with Gasteiger partial charge in [0.05, 0.1) is 12.0 Å². The fourth-order valence-corrected chi connectivity index (χ4v) is 4.33. The molecule has 10 heteroatoms. The van der Waals surface area contributed by atoms with Crippen LogP contribution in [0.25, 0.3) is 21.7 Å². The summed E-state index contributed by atoms with van der Waals surface area (Å²) < 4.78 is 8.21. The Hall–Kier alpha value is -3.19. The predicted molar refractivity (Wildman–Crippen MR) is 125 cm³/mol. The molecule has 32 heavy (non-hydrogen) atoms. The summed E-state index contributed by atoms with van der Waals surface area (Å²) in [5, 5.41) is 0.861. The van der Waals surface area contributed by atoms with Crippen molar-refractivity contribution in [2.45, 2.75) is 39.3 Å². The molecule has 1 aliphatic heterocycles. The number of pyridine rings is 1. The predicted octanol–water partition coefficient (Wildman–Crippen LogP) is 4.57. The average molecular weight is 498 g/mol. The fraction of sp³-hybridized carbons (Fsp3) is 0.409. The minimum atomic E-state index is -0.525. The van der Waals surface area contributed by atoms with E-state index in [0.717, 1.165) is 15.7 Å². The van der Waals surface area contributed by atoms with E-state index in [1.54, 1.807) is 23.2 Å². The van der Waals surface area contributed by atoms with Gasteiger partial charge in [-0.05, 0) is 55.8 Å². The first-order valence-electron chi connectivity index (χ1n) is 10.3. The van der Waals surface area contributed by atoms with E-state index in [0.29, 0.717) is 36.8 Å². The number of ether oxygens (including phenoxy) is 1. The summed E-state index contributed by atoms with van der Waals surface area (Å²) >= 11 is 3.66. The number of nitrogens with zero attached hydrogens (tertiary/aromatic N) is 7. The normalized spacial score (nSPS) is 16.8. The lowest BCUT2D eigenvalue weighted by Gasteiger charge is -2.41. The van der Waals surface area contributed by atoms with Crippen molar-refractivity contribution < 1.29 is 9.53 Å². The number of fused-ring (bicyclic) bond motifs is 1. The van der Waals surface area contributed by atoms with Crippen molar-refractivity contribution in [1.29, 1.82) is 0 Å². The Labute approximate surface area is 195 Å². The Morgan fingerprint density at radius 3 is 2.75 bits per heavy atom. The van der Waals surface area contributed by atoms with Crippen LogP contribution < -0.4 is 4.90 Å². The second-order valence-electron chi connectivity index (χ2n) is 8.70. The first-order chi connectivity index (χ1) is 15.2. The number of amides is 1. The van der Waals surface area contributed by atoms with Crippen molar-refractivity contribution in [2.75, 3.05) is 24.5 Å². The second-order valence-corrected chi connectivity index (χ2v) is 9.55. The topological polar surface area (TPSA) is 80.7 Å². The van der Waals surface area contributed by atoms with Crippen molar-refractivity contribution in [3.05, 3.63) is 46.7 Å². The van der Waals surface area contributed by atoms with Gasteiger partial charge in [-0.3, -0.25) is 4.57 Å². The molecule has 1 atom stereocenters. The molecule has 0 radical (unpaired) electrons. The molecule has 0 saturated carbocycles. The quantitative estimate of drug-likeness (QED) is 0.482. The maximum absolute atomic E-state index is 12.5. The van der Waals surface area contributed by atoms with Gasteiger partial charge in [-0.15, -0.1) is 0 Å².